The van der Waals surface area contributed by atoms with E-state index >= 15 is 0 Å². The van der Waals surface area contributed by atoms with Crippen LogP contribution in [0.5, 0.6) is 0 Å². The van der Waals surface area contributed by atoms with E-state index in [1.165, 1.54) is 53.4 Å². The summed E-state index contributed by atoms with van der Waals surface area (Å²) in [5, 5.41) is 9.00. The Morgan fingerprint density at radius 1 is 1.09 bits per heavy atom. The van der Waals surface area contributed by atoms with Crippen molar-refractivity contribution in [3.05, 3.63) is 82.5 Å². The third kappa shape index (κ3) is 4.32. The zero-order valence-electron chi connectivity index (χ0n) is 15.9. The van der Waals surface area contributed by atoms with Crippen LogP contribution in [0.3, 0.4) is 0 Å². The van der Waals surface area contributed by atoms with Crippen molar-refractivity contribution in [3.63, 3.8) is 0 Å². The van der Waals surface area contributed by atoms with E-state index in [4.69, 9.17) is 21.7 Å². The maximum Gasteiger partial charge on any atom is 0.416 e. The smallest absolute Gasteiger partial charge is 0.416 e. The van der Waals surface area contributed by atoms with Crippen LogP contribution in [-0.4, -0.2) is 21.3 Å². The second kappa shape index (κ2) is 8.29. The van der Waals surface area contributed by atoms with Gasteiger partial charge in [0.1, 0.15) is 11.5 Å². The molecule has 0 atom stereocenters. The molecule has 1 saturated heterocycles. The van der Waals surface area contributed by atoms with Crippen LogP contribution in [0, 0.1) is 0 Å². The summed E-state index contributed by atoms with van der Waals surface area (Å²) in [6.45, 7) is 0. The van der Waals surface area contributed by atoms with Crippen LogP contribution in [0.25, 0.3) is 17.4 Å². The number of anilines is 1. The maximum absolute atomic E-state index is 13.0. The number of carbonyl (C=O) groups is 2. The highest BCUT2D eigenvalue weighted by molar-refractivity contribution is 8.27. The Morgan fingerprint density at radius 2 is 1.81 bits per heavy atom. The van der Waals surface area contributed by atoms with E-state index in [1.54, 1.807) is 6.07 Å². The van der Waals surface area contributed by atoms with Gasteiger partial charge in [0.25, 0.3) is 5.91 Å². The van der Waals surface area contributed by atoms with E-state index in [0.29, 0.717) is 5.69 Å². The second-order valence-corrected chi connectivity index (χ2v) is 8.33. The molecule has 0 aliphatic carbocycles. The number of rotatable bonds is 4. The van der Waals surface area contributed by atoms with E-state index in [1.807, 2.05) is 0 Å². The van der Waals surface area contributed by atoms with Gasteiger partial charge in [0, 0.05) is 11.6 Å². The molecule has 2 aromatic carbocycles. The lowest BCUT2D eigenvalue weighted by molar-refractivity contribution is -0.137. The zero-order valence-corrected chi connectivity index (χ0v) is 17.6. The van der Waals surface area contributed by atoms with E-state index in [0.717, 1.165) is 23.9 Å². The molecule has 1 amide bonds. The van der Waals surface area contributed by atoms with Crippen molar-refractivity contribution >= 4 is 51.9 Å². The van der Waals surface area contributed by atoms with Crippen LogP contribution in [0.15, 0.2) is 70.0 Å². The van der Waals surface area contributed by atoms with Crippen molar-refractivity contribution in [2.24, 2.45) is 0 Å². The number of carboxylic acids is 1. The minimum absolute atomic E-state index is 0.0763. The fraction of sp³-hybridized carbons (Fsp3) is 0.0455. The summed E-state index contributed by atoms with van der Waals surface area (Å²) in [5.74, 6) is -1.00. The Hall–Kier alpha value is -3.37. The van der Waals surface area contributed by atoms with Crippen LogP contribution in [0.2, 0.25) is 0 Å². The summed E-state index contributed by atoms with van der Waals surface area (Å²) in [6, 6.07) is 13.5. The number of alkyl halides is 3. The summed E-state index contributed by atoms with van der Waals surface area (Å²) in [5.41, 5.74) is -0.0364. The van der Waals surface area contributed by atoms with Gasteiger partial charge in [-0.3, -0.25) is 9.69 Å². The number of carbonyl (C=O) groups excluding carboxylic acids is 1. The van der Waals surface area contributed by atoms with Crippen molar-refractivity contribution in [1.82, 2.24) is 0 Å². The van der Waals surface area contributed by atoms with Crippen LogP contribution in [0.1, 0.15) is 21.7 Å². The van der Waals surface area contributed by atoms with E-state index in [-0.39, 0.29) is 31.9 Å². The Kier molecular flexibility index (Phi) is 5.66. The normalized spacial score (nSPS) is 15.6. The predicted molar refractivity (Wildman–Crippen MR) is 118 cm³/mol. The van der Waals surface area contributed by atoms with E-state index < -0.39 is 23.6 Å². The third-order valence-corrected chi connectivity index (χ3v) is 5.84. The van der Waals surface area contributed by atoms with Crippen LogP contribution >= 0.6 is 24.0 Å². The van der Waals surface area contributed by atoms with Crippen molar-refractivity contribution in [3.8, 4) is 11.3 Å². The van der Waals surface area contributed by atoms with Gasteiger partial charge in [0.15, 0.2) is 4.32 Å². The van der Waals surface area contributed by atoms with Gasteiger partial charge >= 0.3 is 12.1 Å². The lowest BCUT2D eigenvalue weighted by Crippen LogP contribution is -2.27. The van der Waals surface area contributed by atoms with Gasteiger partial charge in [-0.1, -0.05) is 36.1 Å². The van der Waals surface area contributed by atoms with Crippen molar-refractivity contribution in [2.45, 2.75) is 6.18 Å². The largest absolute Gasteiger partial charge is 0.478 e. The Bertz CT molecular complexity index is 1260. The minimum atomic E-state index is -4.47. The summed E-state index contributed by atoms with van der Waals surface area (Å²) < 4.78 is 44.7. The van der Waals surface area contributed by atoms with Crippen LogP contribution < -0.4 is 4.90 Å². The predicted octanol–water partition coefficient (Wildman–Crippen LogP) is 6.07. The van der Waals surface area contributed by atoms with Crippen molar-refractivity contribution in [1.29, 1.82) is 0 Å². The molecule has 1 fully saturated rings. The molecule has 3 aromatic rings. The first kappa shape index (κ1) is 21.8. The molecule has 0 spiro atoms. The highest BCUT2D eigenvalue weighted by atomic mass is 32.2. The molecule has 0 saturated carbocycles. The molecule has 5 nitrogen and oxygen atoms in total. The highest BCUT2D eigenvalue weighted by Crippen LogP contribution is 2.37. The van der Waals surface area contributed by atoms with Crippen LogP contribution in [0.4, 0.5) is 18.9 Å². The van der Waals surface area contributed by atoms with Gasteiger partial charge in [-0.05, 0) is 48.5 Å². The molecule has 32 heavy (non-hydrogen) atoms. The number of aromatic carboxylic acids is 1. The molecule has 1 aliphatic rings. The maximum atomic E-state index is 13.0. The van der Waals surface area contributed by atoms with E-state index in [2.05, 4.69) is 0 Å². The first-order valence-electron chi connectivity index (χ1n) is 9.02. The molecular weight excluding hydrogens is 463 g/mol. The summed E-state index contributed by atoms with van der Waals surface area (Å²) in [6.07, 6.45) is -3.01. The number of hydrogen-bond acceptors (Lipinski definition) is 5. The quantitative estimate of drug-likeness (QED) is 0.365. The number of furan rings is 1. The lowest BCUT2D eigenvalue weighted by atomic mass is 10.1. The average molecular weight is 475 g/mol. The fourth-order valence-electron chi connectivity index (χ4n) is 3.01. The molecule has 1 aliphatic heterocycles. The molecule has 162 valence electrons. The molecule has 10 heteroatoms. The van der Waals surface area contributed by atoms with Crippen molar-refractivity contribution < 1.29 is 32.3 Å². The number of nitrogens with zero attached hydrogens (tertiary/aromatic N) is 1. The van der Waals surface area contributed by atoms with Gasteiger partial charge in [0.2, 0.25) is 0 Å². The van der Waals surface area contributed by atoms with Gasteiger partial charge < -0.3 is 9.52 Å². The number of hydrogen-bond donors (Lipinski definition) is 1. The molecule has 0 bridgehead atoms. The molecule has 1 N–H and O–H groups in total. The molecule has 0 unspecified atom stereocenters. The fourth-order valence-corrected chi connectivity index (χ4v) is 4.29. The molecule has 4 rings (SSSR count). The first-order chi connectivity index (χ1) is 15.1. The third-order valence-electron chi connectivity index (χ3n) is 4.54. The number of carboxylic acid groups (broad SMARTS) is 1. The second-order valence-electron chi connectivity index (χ2n) is 6.65. The average Bonchev–Trinajstić information content (AvgIpc) is 3.32. The number of amides is 1. The number of thiocarbonyl (C=S) groups is 1. The Balaban J connectivity index is 1.58. The van der Waals surface area contributed by atoms with Gasteiger partial charge in [-0.15, -0.1) is 0 Å². The topological polar surface area (TPSA) is 70.8 Å². The molecule has 1 aromatic heterocycles. The van der Waals surface area contributed by atoms with E-state index in [9.17, 15) is 22.8 Å². The lowest BCUT2D eigenvalue weighted by Gasteiger charge is -2.14. The highest BCUT2D eigenvalue weighted by Gasteiger charge is 2.34. The summed E-state index contributed by atoms with van der Waals surface area (Å²) >= 11 is 6.32. The van der Waals surface area contributed by atoms with Gasteiger partial charge in [-0.2, -0.15) is 13.2 Å². The summed E-state index contributed by atoms with van der Waals surface area (Å²) in [7, 11) is 0. The summed E-state index contributed by atoms with van der Waals surface area (Å²) in [4.78, 5) is 25.4. The van der Waals surface area contributed by atoms with Gasteiger partial charge in [0.05, 0.1) is 21.7 Å². The number of benzene rings is 2. The Labute approximate surface area is 189 Å². The number of halogens is 3. The molecule has 0 radical (unpaired) electrons. The number of thioether (sulfide) groups is 1. The standard InChI is InChI=1S/C22H12F3NO4S2/c23-22(24,25)14-3-1-2-13(10-14)17-9-8-16(30-17)11-18-19(27)26(21(31)32-18)15-6-4-12(5-7-15)20(28)29/h1-11H,(H,28,29)/b18-11-. The monoisotopic (exact) mass is 475 g/mol. The minimum Gasteiger partial charge on any atom is -0.478 e. The zero-order chi connectivity index (χ0) is 23.0. The molecular formula is C22H12F3NO4S2. The first-order valence-corrected chi connectivity index (χ1v) is 10.2. The SMILES string of the molecule is O=C(O)c1ccc(N2C(=O)/C(=C/c3ccc(-c4cccc(C(F)(F)F)c4)o3)SC2=S)cc1. The molecule has 2 heterocycles. The van der Waals surface area contributed by atoms with Crippen molar-refractivity contribution in [2.75, 3.05) is 4.90 Å². The Morgan fingerprint density at radius 3 is 2.47 bits per heavy atom. The van der Waals surface area contributed by atoms with Crippen LogP contribution in [-0.2, 0) is 11.0 Å². The van der Waals surface area contributed by atoms with Gasteiger partial charge in [-0.25, -0.2) is 4.79 Å².